The Hall–Kier alpha value is -3.62. The molecule has 3 aromatic rings. The molecule has 9 heteroatoms. The summed E-state index contributed by atoms with van der Waals surface area (Å²) in [5, 5.41) is 21.8. The summed E-state index contributed by atoms with van der Waals surface area (Å²) in [4.78, 5) is 24.1. The van der Waals surface area contributed by atoms with Crippen LogP contribution in [0.2, 0.25) is 0 Å². The third-order valence-electron chi connectivity index (χ3n) is 4.71. The zero-order chi connectivity index (χ0) is 22.8. The number of carbonyl (C=O) groups excluding carboxylic acids is 2. The standard InChI is InChI=1S/C23H29N7O2/c1-17(2)15-24-23(32)20-16-30(29-27-20)13-7-6-10-19-11-12-21(28-26-19)25-22(31)14-18-8-4-3-5-9-18/h3-5,8-9,11-12,16-17H,6-7,10,13-15H2,1-2H3,(H,24,32)(H,25,28,31). The summed E-state index contributed by atoms with van der Waals surface area (Å²) in [6.07, 6.45) is 4.49. The first-order valence-electron chi connectivity index (χ1n) is 10.8. The Balaban J connectivity index is 1.37. The molecule has 1 aromatic carbocycles. The van der Waals surface area contributed by atoms with Gasteiger partial charge in [-0.15, -0.1) is 10.2 Å². The van der Waals surface area contributed by atoms with Crippen LogP contribution in [0.15, 0.2) is 48.7 Å². The van der Waals surface area contributed by atoms with E-state index in [4.69, 9.17) is 0 Å². The summed E-state index contributed by atoms with van der Waals surface area (Å²) in [7, 11) is 0. The highest BCUT2D eigenvalue weighted by Gasteiger charge is 2.11. The summed E-state index contributed by atoms with van der Waals surface area (Å²) >= 11 is 0. The van der Waals surface area contributed by atoms with Gasteiger partial charge in [-0.05, 0) is 42.9 Å². The minimum atomic E-state index is -0.198. The molecule has 0 radical (unpaired) electrons. The maximum absolute atomic E-state index is 12.1. The SMILES string of the molecule is CC(C)CNC(=O)c1cn(CCCCc2ccc(NC(=O)Cc3ccccc3)nn2)nn1. The fourth-order valence-corrected chi connectivity index (χ4v) is 3.01. The van der Waals surface area contributed by atoms with Crippen LogP contribution in [0.1, 0.15) is 48.4 Å². The Morgan fingerprint density at radius 1 is 1.00 bits per heavy atom. The van der Waals surface area contributed by atoms with Gasteiger partial charge in [0.2, 0.25) is 5.91 Å². The number of anilines is 1. The molecule has 2 N–H and O–H groups in total. The Kier molecular flexibility index (Phi) is 8.42. The molecule has 0 aliphatic rings. The summed E-state index contributed by atoms with van der Waals surface area (Å²) < 4.78 is 1.68. The molecule has 0 saturated carbocycles. The molecule has 0 unspecified atom stereocenters. The number of rotatable bonds is 11. The summed E-state index contributed by atoms with van der Waals surface area (Å²) in [5.41, 5.74) is 2.14. The smallest absolute Gasteiger partial charge is 0.273 e. The van der Waals surface area contributed by atoms with Crippen LogP contribution in [0, 0.1) is 5.92 Å². The third-order valence-corrected chi connectivity index (χ3v) is 4.71. The van der Waals surface area contributed by atoms with Crippen molar-refractivity contribution in [1.82, 2.24) is 30.5 Å². The van der Waals surface area contributed by atoms with Crippen LogP contribution in [0.25, 0.3) is 0 Å². The normalized spacial score (nSPS) is 10.8. The average Bonchev–Trinajstić information content (AvgIpc) is 3.26. The summed E-state index contributed by atoms with van der Waals surface area (Å²) in [6.45, 7) is 5.36. The van der Waals surface area contributed by atoms with Gasteiger partial charge in [0.05, 0.1) is 18.3 Å². The molecule has 0 bridgehead atoms. The van der Waals surface area contributed by atoms with Gasteiger partial charge in [0.1, 0.15) is 0 Å². The van der Waals surface area contributed by atoms with Gasteiger partial charge in [-0.1, -0.05) is 49.4 Å². The summed E-state index contributed by atoms with van der Waals surface area (Å²) in [6, 6.07) is 13.2. The number of aryl methyl sites for hydroxylation is 2. The summed E-state index contributed by atoms with van der Waals surface area (Å²) in [5.74, 6) is 0.511. The van der Waals surface area contributed by atoms with Crippen molar-refractivity contribution in [1.29, 1.82) is 0 Å². The fraction of sp³-hybridized carbons (Fsp3) is 0.391. The largest absolute Gasteiger partial charge is 0.350 e. The van der Waals surface area contributed by atoms with E-state index in [2.05, 4.69) is 31.1 Å². The fourth-order valence-electron chi connectivity index (χ4n) is 3.01. The van der Waals surface area contributed by atoms with Crippen molar-refractivity contribution in [3.8, 4) is 0 Å². The average molecular weight is 436 g/mol. The lowest BCUT2D eigenvalue weighted by molar-refractivity contribution is -0.115. The number of carbonyl (C=O) groups is 2. The van der Waals surface area contributed by atoms with Crippen LogP contribution < -0.4 is 10.6 Å². The molecule has 168 valence electrons. The van der Waals surface area contributed by atoms with Gasteiger partial charge >= 0.3 is 0 Å². The monoisotopic (exact) mass is 435 g/mol. The Labute approximate surface area is 187 Å². The Morgan fingerprint density at radius 2 is 1.81 bits per heavy atom. The van der Waals surface area contributed by atoms with Crippen LogP contribution in [0.3, 0.4) is 0 Å². The van der Waals surface area contributed by atoms with Gasteiger partial charge < -0.3 is 10.6 Å². The van der Waals surface area contributed by atoms with E-state index in [1.54, 1.807) is 16.9 Å². The molecule has 0 fully saturated rings. The zero-order valence-corrected chi connectivity index (χ0v) is 18.5. The van der Waals surface area contributed by atoms with Crippen molar-refractivity contribution in [3.05, 3.63) is 65.6 Å². The lowest BCUT2D eigenvalue weighted by Crippen LogP contribution is -2.27. The number of hydrogen-bond donors (Lipinski definition) is 2. The molecule has 0 spiro atoms. The van der Waals surface area contributed by atoms with Gasteiger partial charge in [-0.3, -0.25) is 14.3 Å². The van der Waals surface area contributed by atoms with Crippen molar-refractivity contribution >= 4 is 17.6 Å². The molecule has 2 heterocycles. The highest BCUT2D eigenvalue weighted by molar-refractivity contribution is 5.92. The van der Waals surface area contributed by atoms with Gasteiger partial charge in [-0.25, -0.2) is 0 Å². The van der Waals surface area contributed by atoms with E-state index < -0.39 is 0 Å². The third kappa shape index (κ3) is 7.57. The molecule has 2 aromatic heterocycles. The first-order chi connectivity index (χ1) is 15.5. The number of nitrogens with zero attached hydrogens (tertiary/aromatic N) is 5. The highest BCUT2D eigenvalue weighted by Crippen LogP contribution is 2.08. The first kappa shape index (κ1) is 23.1. The minimum absolute atomic E-state index is 0.122. The van der Waals surface area contributed by atoms with Gasteiger partial charge in [0.25, 0.3) is 5.91 Å². The van der Waals surface area contributed by atoms with Crippen molar-refractivity contribution in [2.45, 2.75) is 46.1 Å². The number of aromatic nitrogens is 5. The quantitative estimate of drug-likeness (QED) is 0.448. The van der Waals surface area contributed by atoms with E-state index in [1.807, 2.05) is 50.2 Å². The second-order valence-corrected chi connectivity index (χ2v) is 8.05. The van der Waals surface area contributed by atoms with Crippen LogP contribution in [-0.2, 0) is 24.2 Å². The molecule has 0 aliphatic carbocycles. The molecular formula is C23H29N7O2. The zero-order valence-electron chi connectivity index (χ0n) is 18.5. The molecule has 32 heavy (non-hydrogen) atoms. The first-order valence-corrected chi connectivity index (χ1v) is 10.8. The van der Waals surface area contributed by atoms with Crippen LogP contribution >= 0.6 is 0 Å². The highest BCUT2D eigenvalue weighted by atomic mass is 16.2. The van der Waals surface area contributed by atoms with Crippen molar-refractivity contribution < 1.29 is 9.59 Å². The number of hydrogen-bond acceptors (Lipinski definition) is 6. The van der Waals surface area contributed by atoms with E-state index in [1.165, 1.54) is 0 Å². The lowest BCUT2D eigenvalue weighted by atomic mass is 10.1. The number of benzene rings is 1. The minimum Gasteiger partial charge on any atom is -0.350 e. The Bertz CT molecular complexity index is 1000. The van der Waals surface area contributed by atoms with Gasteiger partial charge in [0, 0.05) is 13.1 Å². The van der Waals surface area contributed by atoms with Crippen molar-refractivity contribution in [2.24, 2.45) is 5.92 Å². The van der Waals surface area contributed by atoms with Gasteiger partial charge in [-0.2, -0.15) is 5.10 Å². The molecule has 0 aliphatic heterocycles. The topological polar surface area (TPSA) is 115 Å². The molecular weight excluding hydrogens is 406 g/mol. The molecule has 0 atom stereocenters. The maximum Gasteiger partial charge on any atom is 0.273 e. The predicted octanol–water partition coefficient (Wildman–Crippen LogP) is 2.66. The van der Waals surface area contributed by atoms with Crippen LogP contribution in [-0.4, -0.2) is 43.6 Å². The number of nitrogens with one attached hydrogen (secondary N) is 2. The van der Waals surface area contributed by atoms with Crippen LogP contribution in [0.4, 0.5) is 5.82 Å². The van der Waals surface area contributed by atoms with E-state index >= 15 is 0 Å². The second-order valence-electron chi connectivity index (χ2n) is 8.05. The Morgan fingerprint density at radius 3 is 2.53 bits per heavy atom. The second kappa shape index (κ2) is 11.7. The van der Waals surface area contributed by atoms with E-state index in [0.29, 0.717) is 36.9 Å². The van der Waals surface area contributed by atoms with E-state index in [9.17, 15) is 9.59 Å². The van der Waals surface area contributed by atoms with Crippen molar-refractivity contribution in [3.63, 3.8) is 0 Å². The maximum atomic E-state index is 12.1. The number of unbranched alkanes of at least 4 members (excludes halogenated alkanes) is 1. The molecule has 9 nitrogen and oxygen atoms in total. The van der Waals surface area contributed by atoms with Crippen molar-refractivity contribution in [2.75, 3.05) is 11.9 Å². The van der Waals surface area contributed by atoms with Crippen LogP contribution in [0.5, 0.6) is 0 Å². The molecule has 0 saturated heterocycles. The molecule has 2 amide bonds. The lowest BCUT2D eigenvalue weighted by Gasteiger charge is -2.05. The van der Waals surface area contributed by atoms with E-state index in [-0.39, 0.29) is 11.8 Å². The molecule has 3 rings (SSSR count). The van der Waals surface area contributed by atoms with E-state index in [0.717, 1.165) is 30.5 Å². The van der Waals surface area contributed by atoms with Gasteiger partial charge in [0.15, 0.2) is 11.5 Å². The predicted molar refractivity (Wildman–Crippen MR) is 121 cm³/mol. The number of amides is 2.